The van der Waals surface area contributed by atoms with Gasteiger partial charge in [0.1, 0.15) is 0 Å². The molecule has 3 N–H and O–H groups in total. The first kappa shape index (κ1) is 18.9. The lowest BCUT2D eigenvalue weighted by molar-refractivity contribution is -0.434. The van der Waals surface area contributed by atoms with Crippen molar-refractivity contribution in [2.24, 2.45) is 5.92 Å². The minimum Gasteiger partial charge on any atom is -0.289 e. The van der Waals surface area contributed by atoms with E-state index >= 15 is 0 Å². The van der Waals surface area contributed by atoms with E-state index in [0.29, 0.717) is 0 Å². The molecule has 0 radical (unpaired) electrons. The predicted octanol–water partition coefficient (Wildman–Crippen LogP) is -0.758. The second kappa shape index (κ2) is 8.97. The lowest BCUT2D eigenvalue weighted by Gasteiger charge is -2.13. The number of hydrogen-bond donors (Lipinski definition) is 3. The second-order valence-electron chi connectivity index (χ2n) is 2.79. The first-order chi connectivity index (χ1) is 8.64. The van der Waals surface area contributed by atoms with Crippen LogP contribution in [-0.2, 0) is 42.7 Å². The summed E-state index contributed by atoms with van der Waals surface area (Å²) in [6, 6.07) is 0. The van der Waals surface area contributed by atoms with Crippen molar-refractivity contribution in [3.63, 3.8) is 0 Å². The molecule has 0 unspecified atom stereocenters. The van der Waals surface area contributed by atoms with Gasteiger partial charge in [0.25, 0.3) is 0 Å². The largest absolute Gasteiger partial charge is 0.397 e. The Hall–Kier alpha value is -0.0700. The maximum Gasteiger partial charge on any atom is 0.397 e. The van der Waals surface area contributed by atoms with Crippen molar-refractivity contribution in [2.45, 2.75) is 0 Å². The normalized spacial score (nSPS) is 13.1. The number of rotatable bonds is 11. The highest BCUT2D eigenvalue weighted by Crippen LogP contribution is 2.10. The summed E-state index contributed by atoms with van der Waals surface area (Å²) in [6.07, 6.45) is 0. The average molecular weight is 346 g/mol. The van der Waals surface area contributed by atoms with Gasteiger partial charge in [-0.1, -0.05) is 5.04 Å². The van der Waals surface area contributed by atoms with Crippen LogP contribution >= 0.6 is 12.3 Å². The van der Waals surface area contributed by atoms with Gasteiger partial charge in [-0.05, 0) is 0 Å². The van der Waals surface area contributed by atoms with Crippen molar-refractivity contribution in [3.05, 3.63) is 0 Å². The Balaban J connectivity index is 4.21. The Kier molecular flexibility index (Phi) is 8.94. The van der Waals surface area contributed by atoms with Crippen LogP contribution in [0.3, 0.4) is 0 Å². The molecule has 15 heteroatoms. The van der Waals surface area contributed by atoms with E-state index in [2.05, 4.69) is 21.9 Å². The van der Waals surface area contributed by atoms with Crippen LogP contribution in [0.2, 0.25) is 0 Å². The molecular weight excluding hydrogens is 336 g/mol. The third-order valence-electron chi connectivity index (χ3n) is 1.32. The molecule has 0 bridgehead atoms. The van der Waals surface area contributed by atoms with Gasteiger partial charge in [-0.3, -0.25) is 13.3 Å². The molecule has 19 heavy (non-hydrogen) atoms. The van der Waals surface area contributed by atoms with Gasteiger partial charge in [-0.25, -0.2) is 13.6 Å². The molecule has 0 aliphatic heterocycles. The van der Waals surface area contributed by atoms with Gasteiger partial charge in [-0.2, -0.15) is 16.8 Å². The van der Waals surface area contributed by atoms with Crippen LogP contribution < -0.4 is 0 Å². The molecule has 116 valence electrons. The van der Waals surface area contributed by atoms with Gasteiger partial charge in [0.15, 0.2) is 12.3 Å². The molecule has 12 nitrogen and oxygen atoms in total. The highest BCUT2D eigenvalue weighted by molar-refractivity contribution is 7.89. The van der Waals surface area contributed by atoms with Crippen LogP contribution in [0.25, 0.3) is 0 Å². The summed E-state index contributed by atoms with van der Waals surface area (Å²) < 4.78 is 74.2. The molecule has 0 aromatic heterocycles. The van der Waals surface area contributed by atoms with Crippen molar-refractivity contribution in [3.8, 4) is 0 Å². The van der Waals surface area contributed by atoms with Crippen molar-refractivity contribution in [2.75, 3.05) is 19.8 Å². The van der Waals surface area contributed by atoms with Gasteiger partial charge in [0.2, 0.25) is 0 Å². The van der Waals surface area contributed by atoms with Gasteiger partial charge >= 0.3 is 20.8 Å². The summed E-state index contributed by atoms with van der Waals surface area (Å²) in [4.78, 5) is 0. The third-order valence-corrected chi connectivity index (χ3v) is 2.53. The van der Waals surface area contributed by atoms with E-state index in [1.807, 2.05) is 0 Å². The quantitative estimate of drug-likeness (QED) is 0.140. The van der Waals surface area contributed by atoms with E-state index in [1.54, 1.807) is 0 Å². The van der Waals surface area contributed by atoms with Crippen LogP contribution in [0.5, 0.6) is 0 Å². The van der Waals surface area contributed by atoms with E-state index in [-0.39, 0.29) is 18.9 Å². The predicted molar refractivity (Wildman–Crippen MR) is 56.8 cm³/mol. The van der Waals surface area contributed by atoms with Gasteiger partial charge in [0, 0.05) is 5.92 Å². The van der Waals surface area contributed by atoms with Crippen LogP contribution in [0.1, 0.15) is 0 Å². The molecule has 0 aromatic rings. The molecule has 0 aliphatic rings. The van der Waals surface area contributed by atoms with E-state index < -0.39 is 39.9 Å². The molecular formula is C4H10O12S3. The lowest BCUT2D eigenvalue weighted by Crippen LogP contribution is -2.24. The SMILES string of the molecule is O=S(=O)(O)OCC(COSOOO)COS(=O)(=O)O. The zero-order valence-electron chi connectivity index (χ0n) is 8.94. The fourth-order valence-corrected chi connectivity index (χ4v) is 1.71. The minimum atomic E-state index is -4.73. The standard InChI is InChI=1S/C4H10O12S3/c5-15-16-17-12-1-4(2-13-18(6,7)8)3-14-19(9,10)11/h4-5H,1-3H2,(H,6,7,8)(H,9,10,11). The molecule has 0 amide bonds. The molecule has 0 saturated heterocycles. The fraction of sp³-hybridized carbons (Fsp3) is 1.00. The molecule has 0 aromatic carbocycles. The van der Waals surface area contributed by atoms with Crippen LogP contribution in [0, 0.1) is 5.92 Å². The Bertz CT molecular complexity index is 390. The Morgan fingerprint density at radius 3 is 1.79 bits per heavy atom. The third kappa shape index (κ3) is 14.2. The fourth-order valence-electron chi connectivity index (χ4n) is 0.665. The topological polar surface area (TPSA) is 175 Å². The summed E-state index contributed by atoms with van der Waals surface area (Å²) in [5.74, 6) is -1.02. The van der Waals surface area contributed by atoms with Crippen LogP contribution in [0.15, 0.2) is 0 Å². The molecule has 0 spiro atoms. The summed E-state index contributed by atoms with van der Waals surface area (Å²) in [7, 11) is -9.47. The van der Waals surface area contributed by atoms with Gasteiger partial charge < -0.3 is 0 Å². The van der Waals surface area contributed by atoms with Gasteiger partial charge in [-0.15, -0.1) is 4.33 Å². The van der Waals surface area contributed by atoms with Gasteiger partial charge in [0.05, 0.1) is 19.8 Å². The van der Waals surface area contributed by atoms with Crippen molar-refractivity contribution in [1.29, 1.82) is 0 Å². The molecule has 0 rings (SSSR count). The number of hydrogen-bond acceptors (Lipinski definition) is 11. The first-order valence-corrected chi connectivity index (χ1v) is 7.54. The smallest absolute Gasteiger partial charge is 0.289 e. The average Bonchev–Trinajstić information content (AvgIpc) is 2.24. The van der Waals surface area contributed by atoms with Crippen molar-refractivity contribution >= 4 is 33.1 Å². The zero-order valence-corrected chi connectivity index (χ0v) is 11.4. The van der Waals surface area contributed by atoms with Crippen molar-refractivity contribution < 1.29 is 53.1 Å². The highest BCUT2D eigenvalue weighted by Gasteiger charge is 2.18. The molecule has 0 atom stereocenters. The molecule has 0 heterocycles. The Morgan fingerprint density at radius 2 is 1.42 bits per heavy atom. The molecule has 0 fully saturated rings. The second-order valence-corrected chi connectivity index (χ2v) is 5.48. The summed E-state index contributed by atoms with van der Waals surface area (Å²) in [5, 5.41) is 10.9. The zero-order chi connectivity index (χ0) is 14.9. The maximum absolute atomic E-state index is 10.3. The first-order valence-electron chi connectivity index (χ1n) is 4.14. The van der Waals surface area contributed by atoms with E-state index in [4.69, 9.17) is 14.4 Å². The molecule has 0 aliphatic carbocycles. The van der Waals surface area contributed by atoms with Crippen LogP contribution in [-0.4, -0.2) is 51.0 Å². The summed E-state index contributed by atoms with van der Waals surface area (Å²) in [6.45, 7) is -1.79. The lowest BCUT2D eigenvalue weighted by atomic mass is 10.2. The van der Waals surface area contributed by atoms with E-state index in [1.165, 1.54) is 0 Å². The summed E-state index contributed by atoms with van der Waals surface area (Å²) in [5.41, 5.74) is 0. The highest BCUT2D eigenvalue weighted by atomic mass is 32.3. The Morgan fingerprint density at radius 1 is 0.947 bits per heavy atom. The Labute approximate surface area is 112 Å². The monoisotopic (exact) mass is 346 g/mol. The van der Waals surface area contributed by atoms with E-state index in [9.17, 15) is 16.8 Å². The summed E-state index contributed by atoms with van der Waals surface area (Å²) >= 11 is 0.141. The van der Waals surface area contributed by atoms with Crippen LogP contribution in [0.4, 0.5) is 0 Å². The minimum absolute atomic E-state index is 0.141. The van der Waals surface area contributed by atoms with E-state index in [0.717, 1.165) is 0 Å². The maximum atomic E-state index is 10.3. The van der Waals surface area contributed by atoms with Crippen molar-refractivity contribution in [1.82, 2.24) is 0 Å². The molecule has 0 saturated carbocycles.